The van der Waals surface area contributed by atoms with E-state index in [1.807, 2.05) is 17.2 Å². The van der Waals surface area contributed by atoms with Crippen molar-refractivity contribution in [1.29, 1.82) is 0 Å². The molecule has 1 aliphatic carbocycles. The van der Waals surface area contributed by atoms with Crippen molar-refractivity contribution in [1.82, 2.24) is 25.3 Å². The van der Waals surface area contributed by atoms with Crippen LogP contribution in [0.1, 0.15) is 90.1 Å². The maximum Gasteiger partial charge on any atom is 0.292 e. The molecule has 1 saturated carbocycles. The van der Waals surface area contributed by atoms with Crippen molar-refractivity contribution in [3.05, 3.63) is 40.8 Å². The van der Waals surface area contributed by atoms with Crippen molar-refractivity contribution in [2.24, 2.45) is 0 Å². The van der Waals surface area contributed by atoms with Crippen LogP contribution in [0, 0.1) is 0 Å². The predicted molar refractivity (Wildman–Crippen MR) is 108 cm³/mol. The van der Waals surface area contributed by atoms with Crippen LogP contribution in [0.2, 0.25) is 0 Å². The molecule has 2 aromatic heterocycles. The van der Waals surface area contributed by atoms with Gasteiger partial charge in [0.05, 0.1) is 11.4 Å². The zero-order valence-electron chi connectivity index (χ0n) is 16.9. The Bertz CT molecular complexity index is 868. The number of hydrogen-bond acceptors (Lipinski definition) is 6. The third kappa shape index (κ3) is 3.92. The summed E-state index contributed by atoms with van der Waals surface area (Å²) in [7, 11) is 0. The molecule has 2 aliphatic heterocycles. The van der Waals surface area contributed by atoms with Gasteiger partial charge in [-0.15, -0.1) is 0 Å². The average molecular weight is 396 g/mol. The lowest BCUT2D eigenvalue weighted by Crippen LogP contribution is -2.37. The Morgan fingerprint density at radius 1 is 1.14 bits per heavy atom. The van der Waals surface area contributed by atoms with Gasteiger partial charge in [-0.1, -0.05) is 24.4 Å². The van der Waals surface area contributed by atoms with Gasteiger partial charge in [0.15, 0.2) is 0 Å². The Balaban J connectivity index is 1.27. The van der Waals surface area contributed by atoms with Crippen LogP contribution in [-0.4, -0.2) is 45.6 Å². The summed E-state index contributed by atoms with van der Waals surface area (Å²) in [6, 6.07) is 1.86. The van der Waals surface area contributed by atoms with Crippen LogP contribution in [0.5, 0.6) is 0 Å². The molecule has 7 heteroatoms. The quantitative estimate of drug-likeness (QED) is 0.859. The Labute approximate surface area is 171 Å². The lowest BCUT2D eigenvalue weighted by atomic mass is 9.87. The maximum absolute atomic E-state index is 13.0. The molecule has 154 valence electrons. The second-order valence-electron chi connectivity index (χ2n) is 8.67. The highest BCUT2D eigenvalue weighted by molar-refractivity contribution is 5.91. The Hall–Kier alpha value is -2.28. The zero-order chi connectivity index (χ0) is 19.6. The Kier molecular flexibility index (Phi) is 5.31. The number of piperidine rings is 1. The van der Waals surface area contributed by atoms with Crippen molar-refractivity contribution in [2.75, 3.05) is 19.6 Å². The summed E-state index contributed by atoms with van der Waals surface area (Å²) >= 11 is 0. The van der Waals surface area contributed by atoms with Crippen LogP contribution < -0.4 is 5.32 Å². The normalized spacial score (nSPS) is 23.0. The summed E-state index contributed by atoms with van der Waals surface area (Å²) in [5.74, 6) is 2.08. The molecule has 0 radical (unpaired) electrons. The van der Waals surface area contributed by atoms with Crippen LogP contribution in [0.4, 0.5) is 0 Å². The molecule has 7 nitrogen and oxygen atoms in total. The molecule has 1 amide bonds. The van der Waals surface area contributed by atoms with Crippen molar-refractivity contribution < 1.29 is 9.32 Å². The van der Waals surface area contributed by atoms with Crippen molar-refractivity contribution in [2.45, 2.75) is 69.7 Å². The summed E-state index contributed by atoms with van der Waals surface area (Å²) in [5.41, 5.74) is 3.08. The van der Waals surface area contributed by atoms with Gasteiger partial charge < -0.3 is 14.7 Å². The molecular weight excluding hydrogens is 366 g/mol. The number of amides is 1. The lowest BCUT2D eigenvalue weighted by Gasteiger charge is -2.28. The van der Waals surface area contributed by atoms with Gasteiger partial charge in [0.25, 0.3) is 5.91 Å². The summed E-state index contributed by atoms with van der Waals surface area (Å²) in [4.78, 5) is 24.3. The third-order valence-corrected chi connectivity index (χ3v) is 6.66. The smallest absolute Gasteiger partial charge is 0.292 e. The van der Waals surface area contributed by atoms with Gasteiger partial charge in [0, 0.05) is 55.7 Å². The van der Waals surface area contributed by atoms with E-state index in [-0.39, 0.29) is 5.91 Å². The monoisotopic (exact) mass is 395 g/mol. The first-order chi connectivity index (χ1) is 14.3. The summed E-state index contributed by atoms with van der Waals surface area (Å²) in [6.07, 6.45) is 11.1. The molecule has 2 fully saturated rings. The molecular formula is C22H29N5O2. The van der Waals surface area contributed by atoms with Crippen LogP contribution in [0.25, 0.3) is 0 Å². The number of nitrogens with zero attached hydrogens (tertiary/aromatic N) is 4. The predicted octanol–water partition coefficient (Wildman–Crippen LogP) is 3.18. The largest absolute Gasteiger partial charge is 0.351 e. The summed E-state index contributed by atoms with van der Waals surface area (Å²) < 4.78 is 5.44. The zero-order valence-corrected chi connectivity index (χ0v) is 16.9. The molecule has 1 saturated heterocycles. The highest BCUT2D eigenvalue weighted by atomic mass is 16.5. The van der Waals surface area contributed by atoms with E-state index in [9.17, 15) is 4.79 Å². The molecule has 1 atom stereocenters. The molecule has 4 heterocycles. The van der Waals surface area contributed by atoms with E-state index in [2.05, 4.69) is 15.5 Å². The standard InChI is InChI=1S/C22H29N5O2/c28-22(20-11-19(26-29-20)15-5-2-1-3-6-15)27-10-8-18-17(14-27)13-24-21(25-18)16-7-4-9-23-12-16/h11,13,15-16,23H,1-10,12,14H2/t16-/m1/s1. The minimum Gasteiger partial charge on any atom is -0.351 e. The lowest BCUT2D eigenvalue weighted by molar-refractivity contribution is 0.0690. The van der Waals surface area contributed by atoms with Crippen LogP contribution in [0.15, 0.2) is 16.8 Å². The molecule has 0 spiro atoms. The maximum atomic E-state index is 13.0. The summed E-state index contributed by atoms with van der Waals surface area (Å²) in [5, 5.41) is 7.64. The Morgan fingerprint density at radius 2 is 2.00 bits per heavy atom. The van der Waals surface area contributed by atoms with Crippen LogP contribution in [-0.2, 0) is 13.0 Å². The molecule has 2 aromatic rings. The van der Waals surface area contributed by atoms with Crippen molar-refractivity contribution in [3.8, 4) is 0 Å². The second-order valence-corrected chi connectivity index (χ2v) is 8.67. The highest BCUT2D eigenvalue weighted by Crippen LogP contribution is 2.32. The van der Waals surface area contributed by atoms with E-state index in [0.29, 0.717) is 30.7 Å². The fourth-order valence-electron chi connectivity index (χ4n) is 4.91. The first-order valence-corrected chi connectivity index (χ1v) is 11.1. The summed E-state index contributed by atoms with van der Waals surface area (Å²) in [6.45, 7) is 3.24. The number of hydrogen-bond donors (Lipinski definition) is 1. The molecule has 3 aliphatic rings. The molecule has 0 unspecified atom stereocenters. The van der Waals surface area contributed by atoms with Crippen LogP contribution >= 0.6 is 0 Å². The molecule has 29 heavy (non-hydrogen) atoms. The van der Waals surface area contributed by atoms with E-state index in [4.69, 9.17) is 9.51 Å². The highest BCUT2D eigenvalue weighted by Gasteiger charge is 2.28. The van der Waals surface area contributed by atoms with E-state index in [1.165, 1.54) is 25.7 Å². The topological polar surface area (TPSA) is 84.2 Å². The van der Waals surface area contributed by atoms with Gasteiger partial charge >= 0.3 is 0 Å². The van der Waals surface area contributed by atoms with Crippen molar-refractivity contribution in [3.63, 3.8) is 0 Å². The van der Waals surface area contributed by atoms with Gasteiger partial charge in [-0.2, -0.15) is 0 Å². The molecule has 0 bridgehead atoms. The molecule has 1 N–H and O–H groups in total. The molecule has 5 rings (SSSR count). The van der Waals surface area contributed by atoms with Crippen LogP contribution in [0.3, 0.4) is 0 Å². The van der Waals surface area contributed by atoms with Gasteiger partial charge in [-0.25, -0.2) is 9.97 Å². The second kappa shape index (κ2) is 8.22. The fraction of sp³-hybridized carbons (Fsp3) is 0.636. The number of carbonyl (C=O) groups is 1. The van der Waals surface area contributed by atoms with E-state index in [1.54, 1.807) is 0 Å². The van der Waals surface area contributed by atoms with E-state index in [0.717, 1.165) is 61.5 Å². The van der Waals surface area contributed by atoms with E-state index < -0.39 is 0 Å². The first-order valence-electron chi connectivity index (χ1n) is 11.1. The number of nitrogens with one attached hydrogen (secondary N) is 1. The number of aromatic nitrogens is 3. The van der Waals surface area contributed by atoms with E-state index >= 15 is 0 Å². The van der Waals surface area contributed by atoms with Gasteiger partial charge in [-0.3, -0.25) is 4.79 Å². The Morgan fingerprint density at radius 3 is 2.83 bits per heavy atom. The third-order valence-electron chi connectivity index (χ3n) is 6.66. The number of fused-ring (bicyclic) bond motifs is 1. The SMILES string of the molecule is O=C(c1cc(C2CCCCC2)no1)N1CCc2nc([C@@H]3CCCNC3)ncc2C1. The fourth-order valence-corrected chi connectivity index (χ4v) is 4.91. The van der Waals surface area contributed by atoms with Gasteiger partial charge in [0.2, 0.25) is 5.76 Å². The number of rotatable bonds is 3. The van der Waals surface area contributed by atoms with Crippen molar-refractivity contribution >= 4 is 5.91 Å². The first kappa shape index (κ1) is 18.7. The minimum atomic E-state index is -0.0780. The van der Waals surface area contributed by atoms with Gasteiger partial charge in [-0.05, 0) is 32.2 Å². The average Bonchev–Trinajstić information content (AvgIpc) is 3.29. The minimum absolute atomic E-state index is 0.0780. The molecule has 0 aromatic carbocycles. The van der Waals surface area contributed by atoms with Gasteiger partial charge in [0.1, 0.15) is 5.82 Å². The number of carbonyl (C=O) groups excluding carboxylic acids is 1.